The van der Waals surface area contributed by atoms with Gasteiger partial charge in [-0.2, -0.15) is 0 Å². The van der Waals surface area contributed by atoms with Crippen molar-refractivity contribution in [2.24, 2.45) is 0 Å². The Labute approximate surface area is 218 Å². The van der Waals surface area contributed by atoms with E-state index in [1.807, 2.05) is 6.92 Å². The van der Waals surface area contributed by atoms with E-state index in [-0.39, 0.29) is 24.5 Å². The summed E-state index contributed by atoms with van der Waals surface area (Å²) >= 11 is 0. The molecule has 1 fully saturated rings. The van der Waals surface area contributed by atoms with Crippen molar-refractivity contribution in [3.05, 3.63) is 59.2 Å². The van der Waals surface area contributed by atoms with Crippen LogP contribution in [-0.2, 0) is 14.3 Å². The maximum atomic E-state index is 13.2. The number of hydrogen-bond acceptors (Lipinski definition) is 7. The molecule has 1 atom stereocenters. The summed E-state index contributed by atoms with van der Waals surface area (Å²) < 4.78 is 22.4. The first kappa shape index (κ1) is 28.1. The number of ketones is 1. The molecule has 2 aromatic rings. The Balaban J connectivity index is 2.05. The number of hydrogen-bond donors (Lipinski definition) is 1. The minimum absolute atomic E-state index is 0.00686. The Bertz CT molecular complexity index is 1110. The van der Waals surface area contributed by atoms with Crippen LogP contribution >= 0.6 is 0 Å². The van der Waals surface area contributed by atoms with Crippen LogP contribution in [-0.4, -0.2) is 62.3 Å². The van der Waals surface area contributed by atoms with Crippen LogP contribution in [0.4, 0.5) is 0 Å². The predicted octanol–water partition coefficient (Wildman–Crippen LogP) is 5.12. The number of ether oxygens (including phenoxy) is 4. The zero-order valence-electron chi connectivity index (χ0n) is 22.1. The molecule has 1 N–H and O–H groups in total. The molecule has 0 saturated carbocycles. The molecule has 0 bridgehead atoms. The molecule has 0 radical (unpaired) electrons. The summed E-state index contributed by atoms with van der Waals surface area (Å²) in [6, 6.07) is 11.4. The first-order valence-corrected chi connectivity index (χ1v) is 12.8. The van der Waals surface area contributed by atoms with E-state index in [1.54, 1.807) is 49.6 Å². The Morgan fingerprint density at radius 1 is 0.919 bits per heavy atom. The standard InChI is InChI=1S/C29H37NO7/c1-5-7-8-16-37-23-13-12-20(19-24(23)35-4)26-25(28(32)29(33)30(26)14-17-34-3)27(31)21-10-9-11-22(18-21)36-15-6-2/h9-13,18-19,26,31H,5-8,14-17H2,1-4H3/b27-25+. The summed E-state index contributed by atoms with van der Waals surface area (Å²) in [6.07, 6.45) is 3.92. The molecule has 1 heterocycles. The second-order valence-corrected chi connectivity index (χ2v) is 8.83. The molecule has 3 rings (SSSR count). The normalized spacial score (nSPS) is 16.8. The molecule has 37 heavy (non-hydrogen) atoms. The van der Waals surface area contributed by atoms with Gasteiger partial charge in [-0.05, 0) is 42.7 Å². The third-order valence-corrected chi connectivity index (χ3v) is 6.17. The Morgan fingerprint density at radius 2 is 1.73 bits per heavy atom. The summed E-state index contributed by atoms with van der Waals surface area (Å²) in [4.78, 5) is 27.7. The van der Waals surface area contributed by atoms with E-state index < -0.39 is 17.7 Å². The van der Waals surface area contributed by atoms with Gasteiger partial charge in [-0.25, -0.2) is 0 Å². The summed E-state index contributed by atoms with van der Waals surface area (Å²) in [6.45, 7) is 5.63. The lowest BCUT2D eigenvalue weighted by Crippen LogP contribution is -2.32. The maximum absolute atomic E-state index is 13.2. The monoisotopic (exact) mass is 511 g/mol. The van der Waals surface area contributed by atoms with Crippen molar-refractivity contribution in [1.82, 2.24) is 4.90 Å². The second-order valence-electron chi connectivity index (χ2n) is 8.83. The fourth-order valence-electron chi connectivity index (χ4n) is 4.26. The van der Waals surface area contributed by atoms with E-state index in [0.717, 1.165) is 25.7 Å². The summed E-state index contributed by atoms with van der Waals surface area (Å²) in [5.41, 5.74) is 1.02. The van der Waals surface area contributed by atoms with Crippen molar-refractivity contribution in [3.8, 4) is 17.2 Å². The number of benzene rings is 2. The number of aliphatic hydroxyl groups is 1. The van der Waals surface area contributed by atoms with Crippen LogP contribution in [0.2, 0.25) is 0 Å². The SMILES string of the molecule is CCCCCOc1ccc(C2/C(=C(\O)c3cccc(OCCC)c3)C(=O)C(=O)N2CCOC)cc1OC. The summed E-state index contributed by atoms with van der Waals surface area (Å²) in [5, 5.41) is 11.3. The number of carbonyl (C=O) groups is 2. The highest BCUT2D eigenvalue weighted by Gasteiger charge is 2.46. The van der Waals surface area contributed by atoms with Crippen LogP contribution in [0.5, 0.6) is 17.2 Å². The molecule has 200 valence electrons. The first-order chi connectivity index (χ1) is 18.0. The molecule has 8 nitrogen and oxygen atoms in total. The molecule has 1 aliphatic rings. The lowest BCUT2D eigenvalue weighted by Gasteiger charge is -2.25. The van der Waals surface area contributed by atoms with Gasteiger partial charge in [0.15, 0.2) is 11.5 Å². The minimum atomic E-state index is -0.821. The number of nitrogens with zero attached hydrogens (tertiary/aromatic N) is 1. The van der Waals surface area contributed by atoms with Gasteiger partial charge in [0.2, 0.25) is 0 Å². The zero-order valence-corrected chi connectivity index (χ0v) is 22.1. The quantitative estimate of drug-likeness (QED) is 0.163. The fourth-order valence-corrected chi connectivity index (χ4v) is 4.26. The molecule has 0 spiro atoms. The van der Waals surface area contributed by atoms with Crippen LogP contribution in [0.25, 0.3) is 5.76 Å². The zero-order chi connectivity index (χ0) is 26.8. The van der Waals surface area contributed by atoms with Crippen LogP contribution in [0, 0.1) is 0 Å². The molecular formula is C29H37NO7. The lowest BCUT2D eigenvalue weighted by molar-refractivity contribution is -0.140. The van der Waals surface area contributed by atoms with Crippen LogP contribution < -0.4 is 14.2 Å². The van der Waals surface area contributed by atoms with Crippen LogP contribution in [0.3, 0.4) is 0 Å². The van der Waals surface area contributed by atoms with E-state index in [2.05, 4.69) is 6.92 Å². The van der Waals surface area contributed by atoms with Gasteiger partial charge >= 0.3 is 0 Å². The van der Waals surface area contributed by atoms with Gasteiger partial charge in [0.05, 0.1) is 38.5 Å². The summed E-state index contributed by atoms with van der Waals surface area (Å²) in [5.74, 6) is -0.0668. The van der Waals surface area contributed by atoms with Gasteiger partial charge in [-0.1, -0.05) is 44.9 Å². The maximum Gasteiger partial charge on any atom is 0.295 e. The van der Waals surface area contributed by atoms with Gasteiger partial charge in [0.1, 0.15) is 11.5 Å². The topological polar surface area (TPSA) is 94.5 Å². The third kappa shape index (κ3) is 6.63. The molecule has 1 amide bonds. The van der Waals surface area contributed by atoms with Crippen molar-refractivity contribution >= 4 is 17.4 Å². The van der Waals surface area contributed by atoms with Crippen molar-refractivity contribution < 1.29 is 33.6 Å². The van der Waals surface area contributed by atoms with Crippen molar-refractivity contribution in [3.63, 3.8) is 0 Å². The molecule has 0 aliphatic carbocycles. The van der Waals surface area contributed by atoms with Gasteiger partial charge in [0.25, 0.3) is 11.7 Å². The van der Waals surface area contributed by atoms with Crippen molar-refractivity contribution in [1.29, 1.82) is 0 Å². The second kappa shape index (κ2) is 13.7. The predicted molar refractivity (Wildman–Crippen MR) is 141 cm³/mol. The molecular weight excluding hydrogens is 474 g/mol. The van der Waals surface area contributed by atoms with E-state index in [4.69, 9.17) is 18.9 Å². The molecule has 0 aromatic heterocycles. The number of unbranched alkanes of at least 4 members (excludes halogenated alkanes) is 2. The fraction of sp³-hybridized carbons (Fsp3) is 0.448. The molecule has 1 aliphatic heterocycles. The number of rotatable bonds is 14. The van der Waals surface area contributed by atoms with E-state index in [1.165, 1.54) is 12.0 Å². The highest BCUT2D eigenvalue weighted by molar-refractivity contribution is 6.46. The van der Waals surface area contributed by atoms with Gasteiger partial charge in [-0.3, -0.25) is 9.59 Å². The van der Waals surface area contributed by atoms with Crippen LogP contribution in [0.1, 0.15) is 56.7 Å². The van der Waals surface area contributed by atoms with Crippen molar-refractivity contribution in [2.45, 2.75) is 45.6 Å². The number of Topliss-reactive ketones (excluding diaryl/α,β-unsaturated/α-hetero) is 1. The highest BCUT2D eigenvalue weighted by Crippen LogP contribution is 2.42. The van der Waals surface area contributed by atoms with Crippen molar-refractivity contribution in [2.75, 3.05) is 40.6 Å². The number of likely N-dealkylation sites (tertiary alicyclic amines) is 1. The smallest absolute Gasteiger partial charge is 0.295 e. The van der Waals surface area contributed by atoms with E-state index in [9.17, 15) is 14.7 Å². The third-order valence-electron chi connectivity index (χ3n) is 6.17. The number of aliphatic hydroxyl groups excluding tert-OH is 1. The average molecular weight is 512 g/mol. The number of methoxy groups -OCH3 is 2. The van der Waals surface area contributed by atoms with E-state index >= 15 is 0 Å². The molecule has 2 aromatic carbocycles. The molecule has 8 heteroatoms. The first-order valence-electron chi connectivity index (χ1n) is 12.8. The largest absolute Gasteiger partial charge is 0.507 e. The number of carbonyl (C=O) groups excluding carboxylic acids is 2. The van der Waals surface area contributed by atoms with Gasteiger partial charge < -0.3 is 29.0 Å². The van der Waals surface area contributed by atoms with Crippen LogP contribution in [0.15, 0.2) is 48.0 Å². The highest BCUT2D eigenvalue weighted by atomic mass is 16.5. The summed E-state index contributed by atoms with van der Waals surface area (Å²) in [7, 11) is 3.07. The number of amides is 1. The molecule has 1 saturated heterocycles. The Kier molecular flexibility index (Phi) is 10.4. The minimum Gasteiger partial charge on any atom is -0.507 e. The van der Waals surface area contributed by atoms with E-state index in [0.29, 0.717) is 41.6 Å². The van der Waals surface area contributed by atoms with Gasteiger partial charge in [-0.15, -0.1) is 0 Å². The Hall–Kier alpha value is -3.52. The molecule has 1 unspecified atom stereocenters. The Morgan fingerprint density at radius 3 is 2.43 bits per heavy atom. The lowest BCUT2D eigenvalue weighted by atomic mass is 9.95. The average Bonchev–Trinajstić information content (AvgIpc) is 3.17. The van der Waals surface area contributed by atoms with Gasteiger partial charge in [0, 0.05) is 19.2 Å².